The van der Waals surface area contributed by atoms with E-state index in [4.69, 9.17) is 5.11 Å². The molecule has 0 aliphatic carbocycles. The molecule has 0 bridgehead atoms. The molecule has 1 amide bonds. The molecule has 2 rings (SSSR count). The van der Waals surface area contributed by atoms with Gasteiger partial charge in [-0.15, -0.1) is 0 Å². The topological polar surface area (TPSA) is 57.6 Å². The van der Waals surface area contributed by atoms with Crippen molar-refractivity contribution >= 4 is 17.6 Å². The number of amides is 1. The van der Waals surface area contributed by atoms with E-state index in [1.54, 1.807) is 4.90 Å². The van der Waals surface area contributed by atoms with Crippen molar-refractivity contribution in [2.75, 3.05) is 11.4 Å². The average Bonchev–Trinajstić information content (AvgIpc) is 2.70. The van der Waals surface area contributed by atoms with Crippen LogP contribution in [0.5, 0.6) is 0 Å². The number of benzene rings is 1. The molecule has 1 aliphatic heterocycles. The fourth-order valence-corrected chi connectivity index (χ4v) is 2.26. The summed E-state index contributed by atoms with van der Waals surface area (Å²) in [5, 5.41) is 8.97. The van der Waals surface area contributed by atoms with E-state index in [0.29, 0.717) is 0 Å². The molecule has 0 unspecified atom stereocenters. The lowest BCUT2D eigenvalue weighted by molar-refractivity contribution is -0.141. The molecule has 1 aromatic carbocycles. The van der Waals surface area contributed by atoms with Gasteiger partial charge in [0.1, 0.15) is 0 Å². The standard InChI is InChI=1S/C15H19NO3/c1-15(2,3)11-4-6-12(7-5-11)16-9-10(14(18)19)8-13(16)17/h4-7,10H,8-9H2,1-3H3,(H,18,19)/t10-/m1/s1. The quantitative estimate of drug-likeness (QED) is 0.889. The van der Waals surface area contributed by atoms with Gasteiger partial charge in [0.2, 0.25) is 5.91 Å². The van der Waals surface area contributed by atoms with Gasteiger partial charge in [0, 0.05) is 18.7 Å². The molecular formula is C15H19NO3. The minimum absolute atomic E-state index is 0.0666. The molecule has 0 aromatic heterocycles. The van der Waals surface area contributed by atoms with Crippen LogP contribution in [0.3, 0.4) is 0 Å². The average molecular weight is 261 g/mol. The molecule has 1 N–H and O–H groups in total. The van der Waals surface area contributed by atoms with Crippen LogP contribution in [0.25, 0.3) is 0 Å². The summed E-state index contributed by atoms with van der Waals surface area (Å²) in [6, 6.07) is 7.78. The maximum Gasteiger partial charge on any atom is 0.308 e. The number of nitrogens with zero attached hydrogens (tertiary/aromatic N) is 1. The molecule has 0 spiro atoms. The van der Waals surface area contributed by atoms with E-state index in [2.05, 4.69) is 20.8 Å². The van der Waals surface area contributed by atoms with Gasteiger partial charge in [0.25, 0.3) is 0 Å². The van der Waals surface area contributed by atoms with E-state index in [-0.39, 0.29) is 24.3 Å². The molecule has 1 aromatic rings. The summed E-state index contributed by atoms with van der Waals surface area (Å²) in [6.07, 6.45) is 0.0936. The normalized spacial score (nSPS) is 19.8. The molecule has 19 heavy (non-hydrogen) atoms. The van der Waals surface area contributed by atoms with Crippen LogP contribution in [0.15, 0.2) is 24.3 Å². The molecule has 0 saturated carbocycles. The Balaban J connectivity index is 2.19. The predicted molar refractivity (Wildman–Crippen MR) is 73.2 cm³/mol. The summed E-state index contributed by atoms with van der Waals surface area (Å²) in [6.45, 7) is 6.65. The monoisotopic (exact) mass is 261 g/mol. The van der Waals surface area contributed by atoms with Crippen molar-refractivity contribution in [2.24, 2.45) is 5.92 Å². The van der Waals surface area contributed by atoms with Gasteiger partial charge >= 0.3 is 5.97 Å². The summed E-state index contributed by atoms with van der Waals surface area (Å²) in [5.74, 6) is -1.60. The highest BCUT2D eigenvalue weighted by Crippen LogP contribution is 2.28. The minimum Gasteiger partial charge on any atom is -0.481 e. The second-order valence-corrected chi connectivity index (χ2v) is 6.04. The largest absolute Gasteiger partial charge is 0.481 e. The highest BCUT2D eigenvalue weighted by molar-refractivity contribution is 5.99. The maximum absolute atomic E-state index is 11.8. The van der Waals surface area contributed by atoms with Crippen LogP contribution in [0.1, 0.15) is 32.8 Å². The van der Waals surface area contributed by atoms with Gasteiger partial charge < -0.3 is 10.0 Å². The van der Waals surface area contributed by atoms with E-state index in [0.717, 1.165) is 5.69 Å². The zero-order valence-electron chi connectivity index (χ0n) is 11.5. The second-order valence-electron chi connectivity index (χ2n) is 6.04. The van der Waals surface area contributed by atoms with Crippen LogP contribution >= 0.6 is 0 Å². The maximum atomic E-state index is 11.8. The SMILES string of the molecule is CC(C)(C)c1ccc(N2C[C@H](C(=O)O)CC2=O)cc1. The Kier molecular flexibility index (Phi) is 3.35. The molecule has 1 aliphatic rings. The van der Waals surface area contributed by atoms with Crippen molar-refractivity contribution in [3.63, 3.8) is 0 Å². The summed E-state index contributed by atoms with van der Waals surface area (Å²) >= 11 is 0. The van der Waals surface area contributed by atoms with Crippen LogP contribution in [0.2, 0.25) is 0 Å². The Morgan fingerprint density at radius 3 is 2.26 bits per heavy atom. The molecule has 1 atom stereocenters. The van der Waals surface area contributed by atoms with Crippen LogP contribution in [-0.4, -0.2) is 23.5 Å². The first kappa shape index (κ1) is 13.6. The van der Waals surface area contributed by atoms with Crippen LogP contribution in [0.4, 0.5) is 5.69 Å². The van der Waals surface area contributed by atoms with E-state index in [1.807, 2.05) is 24.3 Å². The number of aliphatic carboxylic acids is 1. The Morgan fingerprint density at radius 2 is 1.84 bits per heavy atom. The van der Waals surface area contributed by atoms with Crippen molar-refractivity contribution in [3.8, 4) is 0 Å². The fourth-order valence-electron chi connectivity index (χ4n) is 2.26. The smallest absolute Gasteiger partial charge is 0.308 e. The molecule has 1 heterocycles. The van der Waals surface area contributed by atoms with Crippen LogP contribution in [-0.2, 0) is 15.0 Å². The van der Waals surface area contributed by atoms with Crippen molar-refractivity contribution in [2.45, 2.75) is 32.6 Å². The van der Waals surface area contributed by atoms with Crippen molar-refractivity contribution in [1.82, 2.24) is 0 Å². The molecule has 4 nitrogen and oxygen atoms in total. The Labute approximate surface area is 113 Å². The minimum atomic E-state index is -0.901. The van der Waals surface area contributed by atoms with Gasteiger partial charge in [-0.25, -0.2) is 0 Å². The highest BCUT2D eigenvalue weighted by atomic mass is 16.4. The van der Waals surface area contributed by atoms with E-state index in [9.17, 15) is 9.59 Å². The van der Waals surface area contributed by atoms with Crippen LogP contribution in [0, 0.1) is 5.92 Å². The fraction of sp³-hybridized carbons (Fsp3) is 0.467. The van der Waals surface area contributed by atoms with Gasteiger partial charge in [-0.05, 0) is 23.1 Å². The van der Waals surface area contributed by atoms with Crippen LogP contribution < -0.4 is 4.90 Å². The summed E-state index contributed by atoms with van der Waals surface area (Å²) in [4.78, 5) is 24.3. The first-order valence-corrected chi connectivity index (χ1v) is 6.43. The van der Waals surface area contributed by atoms with Gasteiger partial charge in [0.15, 0.2) is 0 Å². The van der Waals surface area contributed by atoms with Gasteiger partial charge in [-0.2, -0.15) is 0 Å². The number of hydrogen-bond donors (Lipinski definition) is 1. The van der Waals surface area contributed by atoms with Crippen molar-refractivity contribution in [1.29, 1.82) is 0 Å². The third-order valence-electron chi connectivity index (χ3n) is 3.52. The number of carbonyl (C=O) groups excluding carboxylic acids is 1. The number of hydrogen-bond acceptors (Lipinski definition) is 2. The first-order chi connectivity index (χ1) is 8.79. The molecular weight excluding hydrogens is 242 g/mol. The summed E-state index contributed by atoms with van der Waals surface area (Å²) < 4.78 is 0. The summed E-state index contributed by atoms with van der Waals surface area (Å²) in [5.41, 5.74) is 2.04. The molecule has 1 saturated heterocycles. The first-order valence-electron chi connectivity index (χ1n) is 6.43. The second kappa shape index (κ2) is 4.68. The Morgan fingerprint density at radius 1 is 1.26 bits per heavy atom. The van der Waals surface area contributed by atoms with Gasteiger partial charge in [0.05, 0.1) is 5.92 Å². The Bertz CT molecular complexity index is 499. The zero-order chi connectivity index (χ0) is 14.2. The molecule has 0 radical (unpaired) electrons. The number of carbonyl (C=O) groups is 2. The van der Waals surface area contributed by atoms with Gasteiger partial charge in [-0.1, -0.05) is 32.9 Å². The van der Waals surface area contributed by atoms with Crippen molar-refractivity contribution in [3.05, 3.63) is 29.8 Å². The Hall–Kier alpha value is -1.84. The van der Waals surface area contributed by atoms with E-state index >= 15 is 0 Å². The van der Waals surface area contributed by atoms with E-state index in [1.165, 1.54) is 5.56 Å². The molecule has 4 heteroatoms. The number of carboxylic acid groups (broad SMARTS) is 1. The number of anilines is 1. The number of rotatable bonds is 2. The molecule has 102 valence electrons. The lowest BCUT2D eigenvalue weighted by atomic mass is 9.87. The third kappa shape index (κ3) is 2.78. The lowest BCUT2D eigenvalue weighted by Gasteiger charge is -2.21. The number of carboxylic acids is 1. The highest BCUT2D eigenvalue weighted by Gasteiger charge is 2.35. The van der Waals surface area contributed by atoms with Gasteiger partial charge in [-0.3, -0.25) is 9.59 Å². The predicted octanol–water partition coefficient (Wildman–Crippen LogP) is 2.42. The third-order valence-corrected chi connectivity index (χ3v) is 3.52. The van der Waals surface area contributed by atoms with E-state index < -0.39 is 11.9 Å². The summed E-state index contributed by atoms with van der Waals surface area (Å²) in [7, 11) is 0. The molecule has 1 fully saturated rings. The van der Waals surface area contributed by atoms with Crippen molar-refractivity contribution < 1.29 is 14.7 Å². The lowest BCUT2D eigenvalue weighted by Crippen LogP contribution is -2.25. The zero-order valence-corrected chi connectivity index (χ0v) is 11.5.